The Hall–Kier alpha value is -4.56. The first-order valence-electron chi connectivity index (χ1n) is 21.1. The molecule has 2 heteroatoms. The van der Waals surface area contributed by atoms with Gasteiger partial charge in [0.25, 0.3) is 0 Å². The fourth-order valence-electron chi connectivity index (χ4n) is 4.91. The Morgan fingerprint density at radius 1 is 0.278 bits per heavy atom. The van der Waals surface area contributed by atoms with Crippen LogP contribution in [0.4, 0.5) is 0 Å². The summed E-state index contributed by atoms with van der Waals surface area (Å²) in [5.41, 5.74) is 3.89. The maximum absolute atomic E-state index is 5.97. The van der Waals surface area contributed by atoms with Gasteiger partial charge in [0.15, 0.2) is 0 Å². The molecule has 2 nitrogen and oxygen atoms in total. The Kier molecular flexibility index (Phi) is 31.5. The highest BCUT2D eigenvalue weighted by molar-refractivity contribution is 6.15. The molecule has 0 aliphatic heterocycles. The predicted octanol–water partition coefficient (Wildman–Crippen LogP) is 19.2. The molecule has 8 rings (SSSR count). The zero-order chi connectivity index (χ0) is 41.3. The smallest absolute Gasteiger partial charge is 0.143 e. The van der Waals surface area contributed by atoms with Gasteiger partial charge in [-0.25, -0.2) is 0 Å². The summed E-state index contributed by atoms with van der Waals surface area (Å²) in [6.07, 6.45) is 5.00. The van der Waals surface area contributed by atoms with Crippen molar-refractivity contribution in [2.45, 2.75) is 136 Å². The van der Waals surface area contributed by atoms with E-state index >= 15 is 0 Å². The number of benzene rings is 6. The molecule has 0 N–H and O–H groups in total. The summed E-state index contributed by atoms with van der Waals surface area (Å²) >= 11 is 0. The van der Waals surface area contributed by atoms with Crippen LogP contribution in [0.25, 0.3) is 65.4 Å². The average Bonchev–Trinajstić information content (AvgIpc) is 3.82. The van der Waals surface area contributed by atoms with Crippen LogP contribution in [0, 0.1) is 0 Å². The highest BCUT2D eigenvalue weighted by Gasteiger charge is 2.09. The summed E-state index contributed by atoms with van der Waals surface area (Å²) < 4.78 is 11.9. The highest BCUT2D eigenvalue weighted by Crippen LogP contribution is 2.34. The summed E-state index contributed by atoms with van der Waals surface area (Å²) in [6, 6.07) is 41.6. The van der Waals surface area contributed by atoms with Crippen molar-refractivity contribution in [3.63, 3.8) is 0 Å². The fourth-order valence-corrected chi connectivity index (χ4v) is 4.91. The molecule has 2 heterocycles. The number of hydrogen-bond donors (Lipinski definition) is 0. The van der Waals surface area contributed by atoms with Crippen molar-refractivity contribution in [1.29, 1.82) is 0 Å². The molecular formula is C52H76O2. The number of rotatable bonds is 0. The Balaban J connectivity index is 0. The molecule has 296 valence electrons. The predicted molar refractivity (Wildman–Crippen MR) is 252 cm³/mol. The van der Waals surface area contributed by atoms with Gasteiger partial charge >= 0.3 is 0 Å². The van der Waals surface area contributed by atoms with E-state index in [0.29, 0.717) is 0 Å². The maximum atomic E-state index is 5.97. The van der Waals surface area contributed by atoms with Crippen LogP contribution in [-0.4, -0.2) is 0 Å². The monoisotopic (exact) mass is 733 g/mol. The lowest BCUT2D eigenvalue weighted by Crippen LogP contribution is -1.72. The van der Waals surface area contributed by atoms with Crippen molar-refractivity contribution >= 4 is 65.4 Å². The topological polar surface area (TPSA) is 26.3 Å². The van der Waals surface area contributed by atoms with Gasteiger partial charge < -0.3 is 8.83 Å². The van der Waals surface area contributed by atoms with E-state index in [0.717, 1.165) is 22.3 Å². The molecule has 0 fully saturated rings. The van der Waals surface area contributed by atoms with Crippen LogP contribution in [-0.2, 0) is 0 Å². The van der Waals surface area contributed by atoms with Gasteiger partial charge in [0.1, 0.15) is 22.3 Å². The van der Waals surface area contributed by atoms with E-state index in [1.54, 1.807) is 0 Å². The minimum Gasteiger partial charge on any atom is -0.455 e. The zero-order valence-electron chi connectivity index (χ0n) is 37.2. The Labute approximate surface area is 331 Å². The number of para-hydroxylation sites is 2. The molecule has 0 spiro atoms. The third-order valence-corrected chi connectivity index (χ3v) is 6.54. The van der Waals surface area contributed by atoms with Crippen molar-refractivity contribution in [3.05, 3.63) is 121 Å². The summed E-state index contributed by atoms with van der Waals surface area (Å²) in [5.74, 6) is 0. The number of furan rings is 2. The quantitative estimate of drug-likeness (QED) is 0.155. The van der Waals surface area contributed by atoms with E-state index in [1.807, 2.05) is 91.8 Å². The Morgan fingerprint density at radius 3 is 0.815 bits per heavy atom. The van der Waals surface area contributed by atoms with E-state index in [4.69, 9.17) is 8.83 Å². The lowest BCUT2D eigenvalue weighted by Gasteiger charge is -1.97. The molecule has 6 aromatic carbocycles. The molecule has 0 saturated carbocycles. The van der Waals surface area contributed by atoms with Gasteiger partial charge in [0.05, 0.1) is 0 Å². The fraction of sp³-hybridized carbons (Fsp3) is 0.385. The third kappa shape index (κ3) is 15.4. The summed E-state index contributed by atoms with van der Waals surface area (Å²) in [5, 5.41) is 9.57. The highest BCUT2D eigenvalue weighted by atomic mass is 16.3. The molecule has 0 aliphatic carbocycles. The van der Waals surface area contributed by atoms with Gasteiger partial charge in [-0.05, 0) is 35.0 Å². The van der Waals surface area contributed by atoms with Crippen LogP contribution < -0.4 is 0 Å². The van der Waals surface area contributed by atoms with E-state index < -0.39 is 0 Å². The first-order valence-corrected chi connectivity index (χ1v) is 21.1. The molecule has 2 aromatic heterocycles. The van der Waals surface area contributed by atoms with Gasteiger partial charge in [-0.2, -0.15) is 0 Å². The van der Waals surface area contributed by atoms with E-state index in [1.165, 1.54) is 68.8 Å². The molecule has 0 unspecified atom stereocenters. The third-order valence-electron chi connectivity index (χ3n) is 6.54. The summed E-state index contributed by atoms with van der Waals surface area (Å²) in [7, 11) is 0. The van der Waals surface area contributed by atoms with Crippen molar-refractivity contribution in [2.24, 2.45) is 0 Å². The number of hydrogen-bond acceptors (Lipinski definition) is 2. The lowest BCUT2D eigenvalue weighted by atomic mass is 10.1. The van der Waals surface area contributed by atoms with Gasteiger partial charge in [-0.1, -0.05) is 234 Å². The molecule has 0 radical (unpaired) electrons. The van der Waals surface area contributed by atoms with Crippen molar-refractivity contribution in [2.75, 3.05) is 0 Å². The standard InChI is InChI=1S/2C16H10O.4C3H8.4C2H6/c2*1-2-6-12-11(5-1)9-10-14-13-7-3-4-8-15(13)17-16(12)14;4*1-3-2;4*1-2/h2*1-10H;4*3H2,1-2H3;4*1-2H3. The van der Waals surface area contributed by atoms with Gasteiger partial charge in [-0.3, -0.25) is 0 Å². The number of fused-ring (bicyclic) bond motifs is 10. The van der Waals surface area contributed by atoms with Gasteiger partial charge in [0.2, 0.25) is 0 Å². The van der Waals surface area contributed by atoms with E-state index in [9.17, 15) is 0 Å². The first-order chi connectivity index (χ1) is 26.5. The van der Waals surface area contributed by atoms with Crippen molar-refractivity contribution < 1.29 is 8.83 Å². The van der Waals surface area contributed by atoms with E-state index in [2.05, 4.69) is 140 Å². The van der Waals surface area contributed by atoms with Crippen LogP contribution in [0.2, 0.25) is 0 Å². The zero-order valence-corrected chi connectivity index (χ0v) is 37.2. The molecule has 8 aromatic rings. The molecular weight excluding hydrogens is 657 g/mol. The largest absolute Gasteiger partial charge is 0.455 e. The van der Waals surface area contributed by atoms with Crippen LogP contribution in [0.3, 0.4) is 0 Å². The average molecular weight is 733 g/mol. The molecule has 0 amide bonds. The van der Waals surface area contributed by atoms with Gasteiger partial charge in [-0.15, -0.1) is 0 Å². The van der Waals surface area contributed by atoms with Crippen LogP contribution in [0.5, 0.6) is 0 Å². The minimum absolute atomic E-state index is 0.957. The van der Waals surface area contributed by atoms with Crippen LogP contribution in [0.1, 0.15) is 136 Å². The second-order valence-corrected chi connectivity index (χ2v) is 11.4. The minimum atomic E-state index is 0.957. The second kappa shape index (κ2) is 33.0. The maximum Gasteiger partial charge on any atom is 0.143 e. The van der Waals surface area contributed by atoms with Crippen LogP contribution >= 0.6 is 0 Å². The molecule has 0 atom stereocenters. The molecule has 0 aliphatic rings. The molecule has 0 saturated heterocycles. The summed E-state index contributed by atoms with van der Waals surface area (Å²) in [4.78, 5) is 0. The second-order valence-electron chi connectivity index (χ2n) is 11.4. The Morgan fingerprint density at radius 2 is 0.519 bits per heavy atom. The normalized spacial score (nSPS) is 9.04. The SMILES string of the molecule is CC.CC.CC.CC.CCC.CCC.CCC.CCC.c1ccc2c(c1)ccc1c3ccccc3oc21.c1ccc2c(c1)ccc1c3ccccc3oc21. The first kappa shape index (κ1) is 51.5. The van der Waals surface area contributed by atoms with E-state index in [-0.39, 0.29) is 0 Å². The molecule has 0 bridgehead atoms. The van der Waals surface area contributed by atoms with Crippen LogP contribution in [0.15, 0.2) is 130 Å². The Bertz CT molecular complexity index is 1890. The molecule has 54 heavy (non-hydrogen) atoms. The lowest BCUT2D eigenvalue weighted by molar-refractivity contribution is 0.672. The summed E-state index contributed by atoms with van der Waals surface area (Å²) in [6.45, 7) is 33.0. The van der Waals surface area contributed by atoms with Gasteiger partial charge in [0, 0.05) is 32.3 Å². The van der Waals surface area contributed by atoms with Crippen molar-refractivity contribution in [1.82, 2.24) is 0 Å². The van der Waals surface area contributed by atoms with Crippen molar-refractivity contribution in [3.8, 4) is 0 Å².